The first-order valence-electron chi connectivity index (χ1n) is 6.97. The molecule has 1 aliphatic heterocycles. The summed E-state index contributed by atoms with van der Waals surface area (Å²) in [7, 11) is 0. The molecule has 3 heteroatoms. The van der Waals surface area contributed by atoms with Crippen molar-refractivity contribution in [2.24, 2.45) is 5.92 Å². The van der Waals surface area contributed by atoms with E-state index in [0.717, 1.165) is 11.8 Å². The van der Waals surface area contributed by atoms with E-state index in [1.807, 2.05) is 11.3 Å². The van der Waals surface area contributed by atoms with Gasteiger partial charge in [0.2, 0.25) is 0 Å². The minimum atomic E-state index is 0.543. The minimum Gasteiger partial charge on any atom is -0.308 e. The van der Waals surface area contributed by atoms with Crippen LogP contribution in [0.1, 0.15) is 67.1 Å². The van der Waals surface area contributed by atoms with Gasteiger partial charge in [-0.3, -0.25) is 0 Å². The Hall–Kier alpha value is -0.410. The summed E-state index contributed by atoms with van der Waals surface area (Å²) in [6, 6.07) is 0.543. The maximum Gasteiger partial charge on any atom is 0.110 e. The summed E-state index contributed by atoms with van der Waals surface area (Å²) < 4.78 is 0. The quantitative estimate of drug-likeness (QED) is 0.823. The summed E-state index contributed by atoms with van der Waals surface area (Å²) in [6.45, 7) is 5.89. The molecule has 0 bridgehead atoms. The number of nitrogens with zero attached hydrogens (tertiary/aromatic N) is 1. The molecule has 1 aromatic heterocycles. The third-order valence-electron chi connectivity index (χ3n) is 4.10. The van der Waals surface area contributed by atoms with Crippen LogP contribution in [-0.4, -0.2) is 11.5 Å². The molecule has 2 nitrogen and oxygen atoms in total. The van der Waals surface area contributed by atoms with Crippen LogP contribution in [0.5, 0.6) is 0 Å². The van der Waals surface area contributed by atoms with Crippen molar-refractivity contribution in [1.29, 1.82) is 0 Å². The molecule has 3 atom stereocenters. The lowest BCUT2D eigenvalue weighted by Gasteiger charge is -2.22. The Morgan fingerprint density at radius 2 is 2.18 bits per heavy atom. The lowest BCUT2D eigenvalue weighted by atomic mass is 9.86. The molecule has 1 saturated heterocycles. The Morgan fingerprint density at radius 1 is 1.29 bits per heavy atom. The van der Waals surface area contributed by atoms with Crippen LogP contribution in [-0.2, 0) is 6.42 Å². The molecule has 1 aromatic rings. The van der Waals surface area contributed by atoms with Gasteiger partial charge in [0.15, 0.2) is 0 Å². The summed E-state index contributed by atoms with van der Waals surface area (Å²) >= 11 is 1.98. The Morgan fingerprint density at radius 3 is 2.94 bits per heavy atom. The van der Waals surface area contributed by atoms with Gasteiger partial charge in [0, 0.05) is 4.88 Å². The second-order valence-electron chi connectivity index (χ2n) is 5.81. The van der Waals surface area contributed by atoms with Crippen molar-refractivity contribution < 1.29 is 0 Å². The van der Waals surface area contributed by atoms with Gasteiger partial charge in [-0.2, -0.15) is 0 Å². The first-order chi connectivity index (χ1) is 8.24. The third-order valence-corrected chi connectivity index (χ3v) is 5.54. The van der Waals surface area contributed by atoms with Crippen LogP contribution in [0.15, 0.2) is 0 Å². The van der Waals surface area contributed by atoms with Gasteiger partial charge >= 0.3 is 0 Å². The van der Waals surface area contributed by atoms with E-state index in [-0.39, 0.29) is 0 Å². The summed E-state index contributed by atoms with van der Waals surface area (Å²) in [6.07, 6.45) is 6.49. The third kappa shape index (κ3) is 2.27. The SMILES string of the molecule is CC1Cc2nc(C3CCCCN3)sc2C(C)C1. The van der Waals surface area contributed by atoms with E-state index >= 15 is 0 Å². The highest BCUT2D eigenvalue weighted by Crippen LogP contribution is 2.40. The van der Waals surface area contributed by atoms with E-state index < -0.39 is 0 Å². The van der Waals surface area contributed by atoms with Crippen molar-refractivity contribution in [2.75, 3.05) is 6.54 Å². The van der Waals surface area contributed by atoms with Crippen LogP contribution in [0.2, 0.25) is 0 Å². The Labute approximate surface area is 108 Å². The minimum absolute atomic E-state index is 0.543. The van der Waals surface area contributed by atoms with Gasteiger partial charge in [-0.05, 0) is 44.1 Å². The number of piperidine rings is 1. The van der Waals surface area contributed by atoms with Crippen LogP contribution < -0.4 is 5.32 Å². The Kier molecular flexibility index (Phi) is 3.22. The molecule has 0 aromatic carbocycles. The van der Waals surface area contributed by atoms with Gasteiger partial charge in [0.25, 0.3) is 0 Å². The van der Waals surface area contributed by atoms with Crippen molar-refractivity contribution in [1.82, 2.24) is 10.3 Å². The molecule has 0 amide bonds. The first-order valence-corrected chi connectivity index (χ1v) is 7.78. The zero-order valence-corrected chi connectivity index (χ0v) is 11.6. The number of fused-ring (bicyclic) bond motifs is 1. The molecule has 94 valence electrons. The molecule has 0 radical (unpaired) electrons. The van der Waals surface area contributed by atoms with E-state index in [9.17, 15) is 0 Å². The van der Waals surface area contributed by atoms with Crippen LogP contribution in [0.3, 0.4) is 0 Å². The lowest BCUT2D eigenvalue weighted by molar-refractivity contribution is 0.409. The average Bonchev–Trinajstić information content (AvgIpc) is 2.74. The first kappa shape index (κ1) is 11.7. The molecule has 2 heterocycles. The highest BCUT2D eigenvalue weighted by Gasteiger charge is 2.28. The fourth-order valence-corrected chi connectivity index (χ4v) is 4.52. The molecular formula is C14H22N2S. The van der Waals surface area contributed by atoms with Crippen LogP contribution in [0.4, 0.5) is 0 Å². The van der Waals surface area contributed by atoms with E-state index in [1.54, 1.807) is 4.88 Å². The van der Waals surface area contributed by atoms with Crippen LogP contribution in [0.25, 0.3) is 0 Å². The number of aromatic nitrogens is 1. The zero-order valence-electron chi connectivity index (χ0n) is 10.8. The second-order valence-corrected chi connectivity index (χ2v) is 6.87. The number of hydrogen-bond donors (Lipinski definition) is 1. The van der Waals surface area contributed by atoms with Gasteiger partial charge in [0.1, 0.15) is 5.01 Å². The highest BCUT2D eigenvalue weighted by atomic mass is 32.1. The van der Waals surface area contributed by atoms with E-state index in [1.165, 1.54) is 49.4 Å². The monoisotopic (exact) mass is 250 g/mol. The van der Waals surface area contributed by atoms with Crippen molar-refractivity contribution in [3.8, 4) is 0 Å². The van der Waals surface area contributed by atoms with Gasteiger partial charge in [-0.1, -0.05) is 20.3 Å². The van der Waals surface area contributed by atoms with Crippen molar-refractivity contribution in [2.45, 2.75) is 57.9 Å². The smallest absolute Gasteiger partial charge is 0.110 e. The van der Waals surface area contributed by atoms with Crippen molar-refractivity contribution in [3.05, 3.63) is 15.6 Å². The predicted molar refractivity (Wildman–Crippen MR) is 72.6 cm³/mol. The number of nitrogens with one attached hydrogen (secondary N) is 1. The van der Waals surface area contributed by atoms with E-state index in [2.05, 4.69) is 19.2 Å². The lowest BCUT2D eigenvalue weighted by Crippen LogP contribution is -2.26. The molecule has 2 aliphatic rings. The molecule has 0 saturated carbocycles. The van der Waals surface area contributed by atoms with Gasteiger partial charge < -0.3 is 5.32 Å². The number of hydrogen-bond acceptors (Lipinski definition) is 3. The highest BCUT2D eigenvalue weighted by molar-refractivity contribution is 7.12. The standard InChI is InChI=1S/C14H22N2S/c1-9-7-10(2)13-12(8-9)16-14(17-13)11-5-3-4-6-15-11/h9-11,15H,3-8H2,1-2H3. The molecule has 3 unspecified atom stereocenters. The molecule has 1 N–H and O–H groups in total. The molecule has 0 spiro atoms. The van der Waals surface area contributed by atoms with Gasteiger partial charge in [0.05, 0.1) is 11.7 Å². The van der Waals surface area contributed by atoms with Gasteiger partial charge in [-0.15, -0.1) is 11.3 Å². The summed E-state index contributed by atoms with van der Waals surface area (Å²) in [4.78, 5) is 6.51. The number of thiazole rings is 1. The fourth-order valence-electron chi connectivity index (χ4n) is 3.25. The summed E-state index contributed by atoms with van der Waals surface area (Å²) in [5.41, 5.74) is 1.41. The van der Waals surface area contributed by atoms with Gasteiger partial charge in [-0.25, -0.2) is 4.98 Å². The summed E-state index contributed by atoms with van der Waals surface area (Å²) in [5, 5.41) is 4.98. The summed E-state index contributed by atoms with van der Waals surface area (Å²) in [5.74, 6) is 1.54. The van der Waals surface area contributed by atoms with Crippen molar-refractivity contribution >= 4 is 11.3 Å². The number of rotatable bonds is 1. The second kappa shape index (κ2) is 4.69. The molecule has 1 fully saturated rings. The topological polar surface area (TPSA) is 24.9 Å². The van der Waals surface area contributed by atoms with E-state index in [0.29, 0.717) is 6.04 Å². The largest absolute Gasteiger partial charge is 0.308 e. The molecular weight excluding hydrogens is 228 g/mol. The average molecular weight is 250 g/mol. The molecule has 3 rings (SSSR count). The Bertz CT molecular complexity index is 393. The zero-order chi connectivity index (χ0) is 11.8. The normalized spacial score (nSPS) is 33.4. The van der Waals surface area contributed by atoms with E-state index in [4.69, 9.17) is 4.98 Å². The Balaban J connectivity index is 1.85. The maximum atomic E-state index is 4.93. The molecule has 1 aliphatic carbocycles. The fraction of sp³-hybridized carbons (Fsp3) is 0.786. The molecule has 17 heavy (non-hydrogen) atoms. The van der Waals surface area contributed by atoms with Crippen molar-refractivity contribution in [3.63, 3.8) is 0 Å². The van der Waals surface area contributed by atoms with Crippen LogP contribution in [0, 0.1) is 5.92 Å². The maximum absolute atomic E-state index is 4.93. The van der Waals surface area contributed by atoms with Crippen LogP contribution >= 0.6 is 11.3 Å². The predicted octanol–water partition coefficient (Wildman–Crippen LogP) is 3.64.